The molecule has 6 heteroatoms. The highest BCUT2D eigenvalue weighted by atomic mass is 16.3. The molecule has 1 amide bonds. The maximum absolute atomic E-state index is 12.2. The summed E-state index contributed by atoms with van der Waals surface area (Å²) in [6, 6.07) is 19.3. The van der Waals surface area contributed by atoms with E-state index in [1.165, 1.54) is 11.1 Å². The maximum Gasteiger partial charge on any atom is 0.221 e. The third-order valence-electron chi connectivity index (χ3n) is 6.03. The molecule has 4 atom stereocenters. The molecule has 3 rings (SSSR count). The monoisotopic (exact) mass is 412 g/mol. The van der Waals surface area contributed by atoms with Crippen LogP contribution in [0.1, 0.15) is 36.8 Å². The molecule has 0 spiro atoms. The Balaban J connectivity index is 1.81. The zero-order chi connectivity index (χ0) is 21.5. The molecule has 0 radical (unpaired) electrons. The van der Waals surface area contributed by atoms with E-state index < -0.39 is 24.3 Å². The highest BCUT2D eigenvalue weighted by Gasteiger charge is 2.47. The largest absolute Gasteiger partial charge is 0.395 e. The Morgan fingerprint density at radius 3 is 2.00 bits per heavy atom. The van der Waals surface area contributed by atoms with Crippen LogP contribution in [-0.2, 0) is 4.79 Å². The van der Waals surface area contributed by atoms with E-state index in [1.54, 1.807) is 0 Å². The maximum atomic E-state index is 12.2. The van der Waals surface area contributed by atoms with Gasteiger partial charge < -0.3 is 20.6 Å². The van der Waals surface area contributed by atoms with Crippen LogP contribution in [0.4, 0.5) is 0 Å². The van der Waals surface area contributed by atoms with E-state index in [4.69, 9.17) is 0 Å². The molecule has 0 bridgehead atoms. The molecule has 6 nitrogen and oxygen atoms in total. The van der Waals surface area contributed by atoms with Crippen LogP contribution in [0.25, 0.3) is 0 Å². The lowest BCUT2D eigenvalue weighted by molar-refractivity contribution is -0.123. The number of carbonyl (C=O) groups excluding carboxylic acids is 1. The van der Waals surface area contributed by atoms with Gasteiger partial charge in [0, 0.05) is 24.9 Å². The summed E-state index contributed by atoms with van der Waals surface area (Å²) in [6.45, 7) is 2.62. The van der Waals surface area contributed by atoms with Gasteiger partial charge in [0.05, 0.1) is 24.9 Å². The minimum atomic E-state index is -1.08. The predicted octanol–water partition coefficient (Wildman–Crippen LogP) is 1.50. The molecular weight excluding hydrogens is 380 g/mol. The van der Waals surface area contributed by atoms with E-state index in [-0.39, 0.29) is 24.9 Å². The minimum absolute atomic E-state index is 0.0872. The Bertz CT molecular complexity index is 747. The number of nitrogens with one attached hydrogen (secondary N) is 1. The Hall–Kier alpha value is -2.25. The molecule has 0 aliphatic carbocycles. The third-order valence-corrected chi connectivity index (χ3v) is 6.03. The van der Waals surface area contributed by atoms with E-state index in [0.717, 1.165) is 6.42 Å². The zero-order valence-electron chi connectivity index (χ0n) is 17.4. The first-order chi connectivity index (χ1) is 14.6. The van der Waals surface area contributed by atoms with Gasteiger partial charge in [-0.2, -0.15) is 0 Å². The molecule has 30 heavy (non-hydrogen) atoms. The van der Waals surface area contributed by atoms with E-state index in [0.29, 0.717) is 13.1 Å². The fraction of sp³-hybridized carbons (Fsp3) is 0.458. The van der Waals surface area contributed by atoms with Gasteiger partial charge in [0.15, 0.2) is 0 Å². The number of aliphatic hydroxyl groups is 3. The van der Waals surface area contributed by atoms with E-state index in [9.17, 15) is 20.1 Å². The molecule has 4 N–H and O–H groups in total. The normalized spacial score (nSPS) is 24.3. The van der Waals surface area contributed by atoms with E-state index >= 15 is 0 Å². The Morgan fingerprint density at radius 2 is 1.50 bits per heavy atom. The number of nitrogens with zero attached hydrogens (tertiary/aromatic N) is 1. The number of aliphatic hydroxyl groups excluding tert-OH is 3. The van der Waals surface area contributed by atoms with Crippen molar-refractivity contribution in [3.8, 4) is 0 Å². The minimum Gasteiger partial charge on any atom is -0.395 e. The van der Waals surface area contributed by atoms with Gasteiger partial charge in [-0.25, -0.2) is 0 Å². The molecule has 1 aliphatic heterocycles. The van der Waals surface area contributed by atoms with Crippen molar-refractivity contribution in [2.75, 3.05) is 19.7 Å². The van der Waals surface area contributed by atoms with Crippen molar-refractivity contribution in [3.05, 3.63) is 71.8 Å². The van der Waals surface area contributed by atoms with Crippen LogP contribution in [0, 0.1) is 0 Å². The van der Waals surface area contributed by atoms with Crippen molar-refractivity contribution < 1.29 is 20.1 Å². The molecule has 162 valence electrons. The van der Waals surface area contributed by atoms with Gasteiger partial charge >= 0.3 is 0 Å². The summed E-state index contributed by atoms with van der Waals surface area (Å²) in [7, 11) is 0. The standard InChI is InChI=1S/C24H32N2O4/c1-2-25-22(28)15-20-23(29)24(30)21(16-27)26(20)14-13-19(17-9-5-3-6-10-17)18-11-7-4-8-12-18/h3-12,19-21,23-24,27,29-30H,2,13-16H2,1H3,(H,25,28)/t20?,21-,23-,24-/m1/s1. The van der Waals surface area contributed by atoms with Gasteiger partial charge in [-0.15, -0.1) is 0 Å². The average Bonchev–Trinajstić information content (AvgIpc) is 2.99. The molecular formula is C24H32N2O4. The van der Waals surface area contributed by atoms with Crippen LogP contribution in [-0.4, -0.2) is 70.1 Å². The summed E-state index contributed by atoms with van der Waals surface area (Å²) in [6.07, 6.45) is -1.34. The van der Waals surface area contributed by atoms with Crippen molar-refractivity contribution in [1.29, 1.82) is 0 Å². The first-order valence-electron chi connectivity index (χ1n) is 10.7. The molecule has 2 aromatic carbocycles. The summed E-state index contributed by atoms with van der Waals surface area (Å²) in [4.78, 5) is 14.1. The molecule has 1 heterocycles. The average molecular weight is 413 g/mol. The number of amides is 1. The van der Waals surface area contributed by atoms with Crippen molar-refractivity contribution in [2.24, 2.45) is 0 Å². The topological polar surface area (TPSA) is 93.0 Å². The van der Waals surface area contributed by atoms with Gasteiger partial charge in [-0.05, 0) is 31.0 Å². The van der Waals surface area contributed by atoms with Crippen LogP contribution >= 0.6 is 0 Å². The van der Waals surface area contributed by atoms with Crippen molar-refractivity contribution in [1.82, 2.24) is 10.2 Å². The van der Waals surface area contributed by atoms with Crippen molar-refractivity contribution >= 4 is 5.91 Å². The van der Waals surface area contributed by atoms with E-state index in [1.807, 2.05) is 48.2 Å². The zero-order valence-corrected chi connectivity index (χ0v) is 17.4. The fourth-order valence-corrected chi connectivity index (χ4v) is 4.51. The highest BCUT2D eigenvalue weighted by molar-refractivity contribution is 5.76. The first kappa shape index (κ1) is 22.4. The third kappa shape index (κ3) is 5.08. The van der Waals surface area contributed by atoms with Crippen LogP contribution in [0.2, 0.25) is 0 Å². The molecule has 1 aliphatic rings. The number of carbonyl (C=O) groups is 1. The SMILES string of the molecule is CCNC(=O)CC1[C@@H](O)[C@H](O)[C@@H](CO)N1CCC(c1ccccc1)c1ccccc1. The second-order valence-electron chi connectivity index (χ2n) is 7.86. The number of hydrogen-bond donors (Lipinski definition) is 4. The van der Waals surface area contributed by atoms with Crippen molar-refractivity contribution in [2.45, 2.75) is 50.0 Å². The van der Waals surface area contributed by atoms with E-state index in [2.05, 4.69) is 29.6 Å². The Morgan fingerprint density at radius 1 is 0.967 bits per heavy atom. The molecule has 1 saturated heterocycles. The Kier molecular flexibility index (Phi) is 7.99. The van der Waals surface area contributed by atoms with Gasteiger partial charge in [-0.3, -0.25) is 9.69 Å². The van der Waals surface area contributed by atoms with Crippen LogP contribution in [0.3, 0.4) is 0 Å². The molecule has 1 unspecified atom stereocenters. The van der Waals surface area contributed by atoms with Crippen molar-refractivity contribution in [3.63, 3.8) is 0 Å². The number of hydrogen-bond acceptors (Lipinski definition) is 5. The van der Waals surface area contributed by atoms with Gasteiger partial charge in [0.2, 0.25) is 5.91 Å². The quantitative estimate of drug-likeness (QED) is 0.501. The van der Waals surface area contributed by atoms with Gasteiger partial charge in [0.1, 0.15) is 0 Å². The smallest absolute Gasteiger partial charge is 0.221 e. The Labute approximate surface area is 178 Å². The van der Waals surface area contributed by atoms with Gasteiger partial charge in [0.25, 0.3) is 0 Å². The summed E-state index contributed by atoms with van der Waals surface area (Å²) >= 11 is 0. The summed E-state index contributed by atoms with van der Waals surface area (Å²) in [5.74, 6) is -0.0354. The first-order valence-corrected chi connectivity index (χ1v) is 10.7. The lowest BCUT2D eigenvalue weighted by Gasteiger charge is -2.31. The second kappa shape index (κ2) is 10.7. The van der Waals surface area contributed by atoms with Crippen LogP contribution < -0.4 is 5.32 Å². The van der Waals surface area contributed by atoms with Crippen LogP contribution in [0.15, 0.2) is 60.7 Å². The molecule has 1 fully saturated rings. The number of rotatable bonds is 9. The second-order valence-corrected chi connectivity index (χ2v) is 7.86. The molecule has 0 saturated carbocycles. The highest BCUT2D eigenvalue weighted by Crippen LogP contribution is 2.32. The number of benzene rings is 2. The van der Waals surface area contributed by atoms with Crippen LogP contribution in [0.5, 0.6) is 0 Å². The molecule has 2 aromatic rings. The lowest BCUT2D eigenvalue weighted by atomic mass is 9.88. The summed E-state index contributed by atoms with van der Waals surface area (Å²) in [5.41, 5.74) is 2.37. The predicted molar refractivity (Wildman–Crippen MR) is 116 cm³/mol. The molecule has 0 aromatic heterocycles. The fourth-order valence-electron chi connectivity index (χ4n) is 4.51. The lowest BCUT2D eigenvalue weighted by Crippen LogP contribution is -2.44. The summed E-state index contributed by atoms with van der Waals surface area (Å²) < 4.78 is 0. The number of likely N-dealkylation sites (tertiary alicyclic amines) is 1. The van der Waals surface area contributed by atoms with Gasteiger partial charge in [-0.1, -0.05) is 60.7 Å². The summed E-state index contributed by atoms with van der Waals surface area (Å²) in [5, 5.41) is 33.6.